The fourth-order valence-corrected chi connectivity index (χ4v) is 10.4. The molecule has 4 rings (SSSR count). The van der Waals surface area contributed by atoms with E-state index in [1.165, 1.54) is 51.4 Å². The van der Waals surface area contributed by atoms with Crippen molar-refractivity contribution in [3.8, 4) is 0 Å². The second-order valence-electron chi connectivity index (χ2n) is 15.2. The Morgan fingerprint density at radius 2 is 1.80 bits per heavy atom. The van der Waals surface area contributed by atoms with Crippen molar-refractivity contribution in [3.63, 3.8) is 0 Å². The number of ether oxygens (including phenoxy) is 1. The molecule has 0 amide bonds. The molecular weight excluding hydrogens is 498 g/mol. The van der Waals surface area contributed by atoms with Crippen LogP contribution in [0.15, 0.2) is 0 Å². The van der Waals surface area contributed by atoms with Gasteiger partial charge in [-0.25, -0.2) is 0 Å². The first-order chi connectivity index (χ1) is 19.0. The van der Waals surface area contributed by atoms with Gasteiger partial charge in [-0.2, -0.15) is 0 Å². The van der Waals surface area contributed by atoms with Gasteiger partial charge in [0.15, 0.2) is 0 Å². The smallest absolute Gasteiger partial charge is 0.306 e. The van der Waals surface area contributed by atoms with E-state index in [-0.39, 0.29) is 23.6 Å². The summed E-state index contributed by atoms with van der Waals surface area (Å²) in [6, 6.07) is 0.654. The van der Waals surface area contributed by atoms with E-state index in [9.17, 15) is 9.90 Å². The molecule has 4 aliphatic rings. The summed E-state index contributed by atoms with van der Waals surface area (Å²) < 4.78 is 5.41. The van der Waals surface area contributed by atoms with Gasteiger partial charge < -0.3 is 25.8 Å². The van der Waals surface area contributed by atoms with Crippen LogP contribution in [0.2, 0.25) is 0 Å². The molecular formula is C34H63N3O3. The van der Waals surface area contributed by atoms with Crippen molar-refractivity contribution in [1.29, 1.82) is 0 Å². The number of carbonyl (C=O) groups excluding carboxylic acids is 1. The van der Waals surface area contributed by atoms with E-state index in [0.717, 1.165) is 57.3 Å². The fraction of sp³-hybridized carbons (Fsp3) is 0.971. The van der Waals surface area contributed by atoms with E-state index in [4.69, 9.17) is 10.5 Å². The highest BCUT2D eigenvalue weighted by molar-refractivity contribution is 5.69. The fourth-order valence-electron chi connectivity index (χ4n) is 10.4. The van der Waals surface area contributed by atoms with Gasteiger partial charge in [0.05, 0.1) is 12.2 Å². The Bertz CT molecular complexity index is 822. The number of esters is 1. The maximum absolute atomic E-state index is 12.2. The van der Waals surface area contributed by atoms with Crippen molar-refractivity contribution in [3.05, 3.63) is 0 Å². The van der Waals surface area contributed by atoms with Gasteiger partial charge in [0.2, 0.25) is 0 Å². The molecule has 0 saturated heterocycles. The predicted molar refractivity (Wildman–Crippen MR) is 164 cm³/mol. The number of hydrogen-bond acceptors (Lipinski definition) is 6. The normalized spacial score (nSPS) is 40.0. The summed E-state index contributed by atoms with van der Waals surface area (Å²) in [5.74, 6) is 3.69. The maximum atomic E-state index is 12.2. The minimum atomic E-state index is -0.223. The summed E-state index contributed by atoms with van der Waals surface area (Å²) in [6.07, 6.45) is 13.4. The van der Waals surface area contributed by atoms with E-state index < -0.39 is 0 Å². The van der Waals surface area contributed by atoms with Gasteiger partial charge in [-0.05, 0) is 164 Å². The van der Waals surface area contributed by atoms with E-state index in [2.05, 4.69) is 38.0 Å². The quantitative estimate of drug-likeness (QED) is 0.200. The van der Waals surface area contributed by atoms with Crippen molar-refractivity contribution < 1.29 is 14.6 Å². The van der Waals surface area contributed by atoms with Gasteiger partial charge in [0, 0.05) is 12.5 Å². The lowest BCUT2D eigenvalue weighted by Crippen LogP contribution is -2.59. The molecule has 40 heavy (non-hydrogen) atoms. The highest BCUT2D eigenvalue weighted by Crippen LogP contribution is 2.68. The third kappa shape index (κ3) is 6.76. The van der Waals surface area contributed by atoms with Crippen molar-refractivity contribution >= 4 is 5.97 Å². The largest absolute Gasteiger partial charge is 0.463 e. The number of nitrogens with two attached hydrogens (primary N) is 1. The first-order valence-corrected chi connectivity index (χ1v) is 17.0. The zero-order valence-electron chi connectivity index (χ0n) is 26.8. The second kappa shape index (κ2) is 13.7. The zero-order chi connectivity index (χ0) is 29.1. The van der Waals surface area contributed by atoms with E-state index in [1.807, 2.05) is 13.8 Å². The number of hydrogen-bond donors (Lipinski definition) is 3. The highest BCUT2D eigenvalue weighted by Gasteiger charge is 2.63. The first-order valence-electron chi connectivity index (χ1n) is 17.0. The number of rotatable bonds is 13. The highest BCUT2D eigenvalue weighted by atomic mass is 16.5. The minimum Gasteiger partial charge on any atom is -0.463 e. The number of nitrogens with zero attached hydrogens (tertiary/aromatic N) is 1. The zero-order valence-corrected chi connectivity index (χ0v) is 26.8. The molecule has 0 aromatic heterocycles. The predicted octanol–water partition coefficient (Wildman–Crippen LogP) is 5.61. The molecule has 10 atom stereocenters. The lowest BCUT2D eigenvalue weighted by atomic mass is 9.43. The van der Waals surface area contributed by atoms with Crippen LogP contribution in [0.25, 0.3) is 0 Å². The third-order valence-electron chi connectivity index (χ3n) is 12.6. The molecule has 0 aromatic carbocycles. The van der Waals surface area contributed by atoms with Crippen LogP contribution in [-0.2, 0) is 9.53 Å². The SMILES string of the molecule is CC(C)OC(=O)CC[C@@H](C)[C@H]1CCC2C3CCC4C[C@@H](NCCCN(C)CCCN)CC[C@]4(C)C3C[C@H](O)[C@@]21C. The second-order valence-corrected chi connectivity index (χ2v) is 15.2. The number of nitrogens with one attached hydrogen (secondary N) is 1. The Hall–Kier alpha value is -0.690. The molecule has 4 saturated carbocycles. The molecule has 4 N–H and O–H groups in total. The van der Waals surface area contributed by atoms with E-state index in [0.29, 0.717) is 41.5 Å². The van der Waals surface area contributed by atoms with Crippen molar-refractivity contribution in [1.82, 2.24) is 10.2 Å². The molecule has 4 unspecified atom stereocenters. The van der Waals surface area contributed by atoms with Crippen LogP contribution in [-0.4, -0.2) is 67.5 Å². The van der Waals surface area contributed by atoms with Crippen molar-refractivity contribution in [2.75, 3.05) is 33.2 Å². The molecule has 6 nitrogen and oxygen atoms in total. The van der Waals surface area contributed by atoms with Gasteiger partial charge in [0.25, 0.3) is 0 Å². The Morgan fingerprint density at radius 1 is 1.05 bits per heavy atom. The van der Waals surface area contributed by atoms with Gasteiger partial charge in [-0.3, -0.25) is 4.79 Å². The molecule has 0 spiro atoms. The summed E-state index contributed by atoms with van der Waals surface area (Å²) in [6.45, 7) is 15.3. The summed E-state index contributed by atoms with van der Waals surface area (Å²) in [7, 11) is 2.21. The van der Waals surface area contributed by atoms with Gasteiger partial charge in [-0.1, -0.05) is 20.8 Å². The van der Waals surface area contributed by atoms with Crippen LogP contribution >= 0.6 is 0 Å². The van der Waals surface area contributed by atoms with E-state index >= 15 is 0 Å². The lowest BCUT2D eigenvalue weighted by molar-refractivity contribution is -0.170. The van der Waals surface area contributed by atoms with Crippen LogP contribution in [0.3, 0.4) is 0 Å². The number of aliphatic hydroxyl groups is 1. The molecule has 0 heterocycles. The summed E-state index contributed by atoms with van der Waals surface area (Å²) in [5.41, 5.74) is 6.02. The molecule has 0 aromatic rings. The van der Waals surface area contributed by atoms with Crippen LogP contribution < -0.4 is 11.1 Å². The molecule has 0 bridgehead atoms. The lowest BCUT2D eigenvalue weighted by Gasteiger charge is -2.62. The summed E-state index contributed by atoms with van der Waals surface area (Å²) in [5, 5.41) is 15.8. The number of carbonyl (C=O) groups is 1. The minimum absolute atomic E-state index is 0.0121. The van der Waals surface area contributed by atoms with Gasteiger partial charge >= 0.3 is 5.97 Å². The number of fused-ring (bicyclic) bond motifs is 5. The van der Waals surface area contributed by atoms with Crippen LogP contribution in [0, 0.1) is 46.3 Å². The number of aliphatic hydroxyl groups excluding tert-OH is 1. The summed E-state index contributed by atoms with van der Waals surface area (Å²) in [4.78, 5) is 14.6. The summed E-state index contributed by atoms with van der Waals surface area (Å²) >= 11 is 0. The molecule has 4 fully saturated rings. The molecule has 232 valence electrons. The Morgan fingerprint density at radius 3 is 2.52 bits per heavy atom. The monoisotopic (exact) mass is 561 g/mol. The average Bonchev–Trinajstić information content (AvgIpc) is 3.27. The van der Waals surface area contributed by atoms with Crippen LogP contribution in [0.4, 0.5) is 0 Å². The molecule has 0 aliphatic heterocycles. The molecule has 4 aliphatic carbocycles. The van der Waals surface area contributed by atoms with Crippen molar-refractivity contribution in [2.24, 2.45) is 52.1 Å². The first kappa shape index (κ1) is 32.2. The standard InChI is InChI=1S/C34H63N3O3/c1-23(2)40-32(39)14-9-24(3)28-12-13-29-27-11-10-25-21-26(36-18-8-20-37(6)19-7-17-35)15-16-33(25,4)30(27)22-31(38)34(28,29)5/h23-31,36,38H,7-22,35H2,1-6H3/t24-,25?,26+,27?,28-,29?,30?,31+,33+,34-/m1/s1. The van der Waals surface area contributed by atoms with Gasteiger partial charge in [0.1, 0.15) is 0 Å². The topological polar surface area (TPSA) is 87.8 Å². The molecule has 0 radical (unpaired) electrons. The molecule has 6 heteroatoms. The third-order valence-corrected chi connectivity index (χ3v) is 12.6. The van der Waals surface area contributed by atoms with Gasteiger partial charge in [-0.15, -0.1) is 0 Å². The van der Waals surface area contributed by atoms with E-state index in [1.54, 1.807) is 0 Å². The maximum Gasteiger partial charge on any atom is 0.306 e. The Kier molecular flexibility index (Phi) is 11.1. The van der Waals surface area contributed by atoms with Crippen LogP contribution in [0.5, 0.6) is 0 Å². The van der Waals surface area contributed by atoms with Crippen molar-refractivity contribution in [2.45, 2.75) is 130 Å². The Labute approximate surface area is 245 Å². The average molecular weight is 562 g/mol. The Balaban J connectivity index is 1.32. The van der Waals surface area contributed by atoms with Crippen LogP contribution in [0.1, 0.15) is 112 Å².